The maximum atomic E-state index is 14.1. The molecule has 4 heterocycles. The summed E-state index contributed by atoms with van der Waals surface area (Å²) in [5.41, 5.74) is 2.35. The normalized spacial score (nSPS) is 25.3. The summed E-state index contributed by atoms with van der Waals surface area (Å²) < 4.78 is 11.0. The lowest BCUT2D eigenvalue weighted by molar-refractivity contribution is -0.139. The fourth-order valence-corrected chi connectivity index (χ4v) is 8.71. The number of thioether (sulfide) groups is 1. The summed E-state index contributed by atoms with van der Waals surface area (Å²) >= 11 is 3.27. The van der Waals surface area contributed by atoms with Crippen molar-refractivity contribution in [1.29, 1.82) is 0 Å². The summed E-state index contributed by atoms with van der Waals surface area (Å²) in [6, 6.07) is 6.26. The number of amides is 2. The number of nitrogens with zero attached hydrogens (tertiary/aromatic N) is 4. The number of benzene rings is 1. The van der Waals surface area contributed by atoms with E-state index >= 15 is 0 Å². The fourth-order valence-electron chi connectivity index (χ4n) is 7.02. The molecule has 6 rings (SSSR count). The van der Waals surface area contributed by atoms with Gasteiger partial charge in [0.2, 0.25) is 5.91 Å². The van der Waals surface area contributed by atoms with Gasteiger partial charge in [0.25, 0.3) is 5.91 Å². The van der Waals surface area contributed by atoms with Crippen LogP contribution in [-0.2, 0) is 19.1 Å². The highest BCUT2D eigenvalue weighted by atomic mass is 32.2. The molecule has 4 atom stereocenters. The van der Waals surface area contributed by atoms with Gasteiger partial charge in [0.15, 0.2) is 10.9 Å². The number of nitrogens with one attached hydrogen (secondary N) is 1. The molecule has 3 aliphatic heterocycles. The Bertz CT molecular complexity index is 1310. The molecule has 1 N–H and O–H groups in total. The van der Waals surface area contributed by atoms with E-state index in [2.05, 4.69) is 20.5 Å². The maximum Gasteiger partial charge on any atom is 0.251 e. The lowest BCUT2D eigenvalue weighted by Crippen LogP contribution is -2.55. The predicted molar refractivity (Wildman–Crippen MR) is 173 cm³/mol. The Morgan fingerprint density at radius 2 is 1.89 bits per heavy atom. The number of ether oxygens (including phenoxy) is 2. The van der Waals surface area contributed by atoms with Gasteiger partial charge >= 0.3 is 0 Å². The van der Waals surface area contributed by atoms with E-state index in [1.165, 1.54) is 0 Å². The summed E-state index contributed by atoms with van der Waals surface area (Å²) in [4.78, 5) is 51.7. The van der Waals surface area contributed by atoms with Crippen LogP contribution < -0.4 is 10.2 Å². The number of hydrogen-bond acceptors (Lipinski definition) is 10. The molecule has 238 valence electrons. The quantitative estimate of drug-likeness (QED) is 0.419. The highest BCUT2D eigenvalue weighted by molar-refractivity contribution is 7.99. The highest BCUT2D eigenvalue weighted by Gasteiger charge is 2.53. The summed E-state index contributed by atoms with van der Waals surface area (Å²) in [5.74, 6) is -0.406. The summed E-state index contributed by atoms with van der Waals surface area (Å²) in [6.45, 7) is 6.09. The number of rotatable bonds is 10. The van der Waals surface area contributed by atoms with E-state index in [-0.39, 0.29) is 41.5 Å². The zero-order valence-corrected chi connectivity index (χ0v) is 27.2. The van der Waals surface area contributed by atoms with Gasteiger partial charge in [0.05, 0.1) is 23.7 Å². The summed E-state index contributed by atoms with van der Waals surface area (Å²) in [6.07, 6.45) is 6.73. The molecule has 4 fully saturated rings. The Morgan fingerprint density at radius 3 is 2.59 bits per heavy atom. The first-order valence-corrected chi connectivity index (χ1v) is 17.9. The van der Waals surface area contributed by atoms with E-state index in [4.69, 9.17) is 14.5 Å². The van der Waals surface area contributed by atoms with Crippen LogP contribution in [0.1, 0.15) is 42.5 Å². The van der Waals surface area contributed by atoms with E-state index in [0.29, 0.717) is 12.1 Å². The molecule has 3 saturated heterocycles. The van der Waals surface area contributed by atoms with Crippen molar-refractivity contribution in [3.63, 3.8) is 0 Å². The molecule has 1 aliphatic carbocycles. The Morgan fingerprint density at radius 1 is 1.14 bits per heavy atom. The predicted octanol–water partition coefficient (Wildman–Crippen LogP) is 3.17. The second-order valence-corrected chi connectivity index (χ2v) is 14.1. The van der Waals surface area contributed by atoms with Crippen LogP contribution in [0.15, 0.2) is 29.6 Å². The number of anilines is 1. The topological polar surface area (TPSA) is 104 Å². The van der Waals surface area contributed by atoms with Crippen molar-refractivity contribution in [3.8, 4) is 11.3 Å². The average Bonchev–Trinajstić information content (AvgIpc) is 3.80. The molecule has 1 saturated carbocycles. The van der Waals surface area contributed by atoms with Crippen LogP contribution in [0.3, 0.4) is 0 Å². The van der Waals surface area contributed by atoms with Gasteiger partial charge in [-0.25, -0.2) is 4.98 Å². The van der Waals surface area contributed by atoms with Gasteiger partial charge in [-0.2, -0.15) is 11.8 Å². The van der Waals surface area contributed by atoms with E-state index in [1.54, 1.807) is 35.1 Å². The average molecular weight is 642 g/mol. The molecule has 1 aromatic carbocycles. The number of carbonyl (C=O) groups excluding carboxylic acids is 3. The zero-order chi connectivity index (χ0) is 30.6. The summed E-state index contributed by atoms with van der Waals surface area (Å²) in [5, 5.41) is 6.25. The molecular formula is C32H43N5O5S2. The van der Waals surface area contributed by atoms with Crippen molar-refractivity contribution in [3.05, 3.63) is 35.2 Å². The number of Topliss-reactive ketones (excluding diaryl/α,β-unsaturated/α-hetero) is 1. The third kappa shape index (κ3) is 6.69. The Labute approximate surface area is 267 Å². The van der Waals surface area contributed by atoms with Gasteiger partial charge in [0.1, 0.15) is 18.7 Å². The lowest BCUT2D eigenvalue weighted by Gasteiger charge is -2.34. The van der Waals surface area contributed by atoms with E-state index in [0.717, 1.165) is 87.8 Å². The highest BCUT2D eigenvalue weighted by Crippen LogP contribution is 2.36. The molecule has 1 aromatic heterocycles. The van der Waals surface area contributed by atoms with E-state index in [9.17, 15) is 14.4 Å². The lowest BCUT2D eigenvalue weighted by atomic mass is 9.83. The number of ketones is 1. The number of methoxy groups -OCH3 is 1. The maximum absolute atomic E-state index is 14.1. The van der Waals surface area contributed by atoms with Gasteiger partial charge in [-0.05, 0) is 37.1 Å². The van der Waals surface area contributed by atoms with Crippen LogP contribution >= 0.6 is 23.1 Å². The number of fused-ring (bicyclic) bond motifs is 1. The van der Waals surface area contributed by atoms with Crippen LogP contribution in [0.5, 0.6) is 0 Å². The molecule has 4 aliphatic rings. The Balaban J connectivity index is 1.12. The van der Waals surface area contributed by atoms with Crippen LogP contribution in [0.2, 0.25) is 0 Å². The standard InChI is InChI=1S/C32H43N5O5S2/c1-41-17-16-35-12-14-36(15-13-35)32-33-24(20-44-32)21-8-10-23(11-9-21)30(39)34-27(22-6-4-3-5-7-22)31(40)37-18-26(43-2)29-28(37)25(38)19-42-29/h8-11,20,22,26-29H,3-7,12-19H2,1-2H3,(H,34,39)/t26-,27-,28+,29-/m0/s1. The third-order valence-electron chi connectivity index (χ3n) is 9.59. The van der Waals surface area contributed by atoms with Gasteiger partial charge in [-0.3, -0.25) is 19.3 Å². The first-order valence-electron chi connectivity index (χ1n) is 15.8. The largest absolute Gasteiger partial charge is 0.383 e. The van der Waals surface area contributed by atoms with Crippen LogP contribution in [-0.4, -0.2) is 122 Å². The van der Waals surface area contributed by atoms with Crippen LogP contribution in [0, 0.1) is 5.92 Å². The number of carbonyl (C=O) groups is 3. The SMILES string of the molecule is COCCN1CCN(c2nc(-c3ccc(C(=O)N[C@H](C(=O)N4C[C@H](SC)[C@@H]5OCC(=O)[C@H]54)C4CCCCC4)cc3)cs2)CC1. The van der Waals surface area contributed by atoms with Crippen molar-refractivity contribution >= 4 is 45.8 Å². The van der Waals surface area contributed by atoms with Crippen molar-refractivity contribution in [1.82, 2.24) is 20.1 Å². The Kier molecular flexibility index (Phi) is 10.2. The van der Waals surface area contributed by atoms with Gasteiger partial charge in [-0.1, -0.05) is 31.4 Å². The first kappa shape index (κ1) is 31.5. The van der Waals surface area contributed by atoms with Gasteiger partial charge < -0.3 is 24.6 Å². The van der Waals surface area contributed by atoms with Crippen molar-refractivity contribution in [2.24, 2.45) is 5.92 Å². The number of thiazole rings is 1. The van der Waals surface area contributed by atoms with Gasteiger partial charge in [0, 0.05) is 62.9 Å². The number of piperazine rings is 1. The monoisotopic (exact) mass is 641 g/mol. The van der Waals surface area contributed by atoms with Crippen molar-refractivity contribution in [2.75, 3.05) is 70.7 Å². The van der Waals surface area contributed by atoms with Crippen molar-refractivity contribution in [2.45, 2.75) is 55.5 Å². The first-order chi connectivity index (χ1) is 21.5. The second kappa shape index (κ2) is 14.3. The molecule has 0 bridgehead atoms. The molecule has 0 unspecified atom stereocenters. The molecular weight excluding hydrogens is 599 g/mol. The molecule has 10 nitrogen and oxygen atoms in total. The minimum absolute atomic E-state index is 0.0428. The second-order valence-electron chi connectivity index (χ2n) is 12.2. The number of aromatic nitrogens is 1. The Hall–Kier alpha value is -2.51. The minimum Gasteiger partial charge on any atom is -0.383 e. The molecule has 44 heavy (non-hydrogen) atoms. The number of hydrogen-bond donors (Lipinski definition) is 1. The zero-order valence-electron chi connectivity index (χ0n) is 25.6. The van der Waals surface area contributed by atoms with Crippen LogP contribution in [0.25, 0.3) is 11.3 Å². The van der Waals surface area contributed by atoms with E-state index in [1.807, 2.05) is 30.5 Å². The molecule has 0 radical (unpaired) electrons. The summed E-state index contributed by atoms with van der Waals surface area (Å²) in [7, 11) is 1.74. The molecule has 2 amide bonds. The molecule has 0 spiro atoms. The third-order valence-corrected chi connectivity index (χ3v) is 11.5. The van der Waals surface area contributed by atoms with Gasteiger partial charge in [-0.15, -0.1) is 11.3 Å². The smallest absolute Gasteiger partial charge is 0.251 e. The van der Waals surface area contributed by atoms with Crippen molar-refractivity contribution < 1.29 is 23.9 Å². The van der Waals surface area contributed by atoms with Crippen LogP contribution in [0.4, 0.5) is 5.13 Å². The fraction of sp³-hybridized carbons (Fsp3) is 0.625. The molecule has 2 aromatic rings. The minimum atomic E-state index is -0.659. The molecule has 12 heteroatoms. The number of likely N-dealkylation sites (tertiary alicyclic amines) is 1. The van der Waals surface area contributed by atoms with E-state index < -0.39 is 12.1 Å².